The van der Waals surface area contributed by atoms with Crippen molar-refractivity contribution in [1.82, 2.24) is 0 Å². The molecule has 3 aromatic rings. The number of hydrogen-bond donors (Lipinski definition) is 1. The van der Waals surface area contributed by atoms with E-state index in [0.29, 0.717) is 12.8 Å². The minimum absolute atomic E-state index is 0.217. The largest absolute Gasteiger partial charge is 0.460 e. The molecule has 1 aliphatic rings. The SMILES string of the molecule is C=CC[C@H]1C(=O)O[C@H](CO[Si](c2ccccc2)(c2ccccc2)c2ccccc2)C[C@@H]1O. The Morgan fingerprint density at radius 3 is 1.78 bits per heavy atom. The van der Waals surface area contributed by atoms with Gasteiger partial charge in [-0.05, 0) is 22.0 Å². The van der Waals surface area contributed by atoms with E-state index in [0.717, 1.165) is 15.6 Å². The quantitative estimate of drug-likeness (QED) is 0.251. The van der Waals surface area contributed by atoms with Crippen LogP contribution in [0.3, 0.4) is 0 Å². The fourth-order valence-electron chi connectivity index (χ4n) is 4.41. The Kier molecular flexibility index (Phi) is 7.00. The average Bonchev–Trinajstić information content (AvgIpc) is 2.84. The van der Waals surface area contributed by atoms with Crippen molar-refractivity contribution in [2.75, 3.05) is 6.61 Å². The molecule has 32 heavy (non-hydrogen) atoms. The smallest absolute Gasteiger partial charge is 0.312 e. The topological polar surface area (TPSA) is 55.8 Å². The molecule has 1 fully saturated rings. The molecular formula is C27H28O4Si. The Morgan fingerprint density at radius 1 is 0.906 bits per heavy atom. The summed E-state index contributed by atoms with van der Waals surface area (Å²) >= 11 is 0. The van der Waals surface area contributed by atoms with E-state index >= 15 is 0 Å². The maximum Gasteiger partial charge on any atom is 0.312 e. The summed E-state index contributed by atoms with van der Waals surface area (Å²) in [6.45, 7) is 3.89. The molecule has 164 valence electrons. The molecule has 1 aliphatic heterocycles. The lowest BCUT2D eigenvalue weighted by Gasteiger charge is -2.37. The van der Waals surface area contributed by atoms with Crippen molar-refractivity contribution in [2.24, 2.45) is 5.92 Å². The van der Waals surface area contributed by atoms with Gasteiger partial charge in [0.05, 0.1) is 18.6 Å². The van der Waals surface area contributed by atoms with E-state index in [1.165, 1.54) is 0 Å². The highest BCUT2D eigenvalue weighted by molar-refractivity contribution is 7.07. The predicted molar refractivity (Wildman–Crippen MR) is 129 cm³/mol. The lowest BCUT2D eigenvalue weighted by atomic mass is 9.92. The van der Waals surface area contributed by atoms with Crippen LogP contribution in [0.2, 0.25) is 0 Å². The summed E-state index contributed by atoms with van der Waals surface area (Å²) in [6, 6.07) is 30.8. The highest BCUT2D eigenvalue weighted by atomic mass is 28.4. The second-order valence-corrected chi connectivity index (χ2v) is 11.5. The van der Waals surface area contributed by atoms with Gasteiger partial charge in [-0.1, -0.05) is 97.1 Å². The van der Waals surface area contributed by atoms with E-state index in [4.69, 9.17) is 9.16 Å². The molecule has 0 spiro atoms. The van der Waals surface area contributed by atoms with Crippen LogP contribution < -0.4 is 15.6 Å². The molecule has 0 unspecified atom stereocenters. The lowest BCUT2D eigenvalue weighted by molar-refractivity contribution is -0.171. The van der Waals surface area contributed by atoms with Gasteiger partial charge in [-0.25, -0.2) is 0 Å². The van der Waals surface area contributed by atoms with Crippen LogP contribution >= 0.6 is 0 Å². The van der Waals surface area contributed by atoms with Crippen LogP contribution in [0, 0.1) is 5.92 Å². The number of aliphatic hydroxyl groups is 1. The maximum atomic E-state index is 12.5. The summed E-state index contributed by atoms with van der Waals surface area (Å²) in [5.74, 6) is -0.938. The van der Waals surface area contributed by atoms with E-state index in [1.807, 2.05) is 54.6 Å². The van der Waals surface area contributed by atoms with Crippen molar-refractivity contribution in [3.8, 4) is 0 Å². The minimum atomic E-state index is -2.87. The fourth-order valence-corrected chi connectivity index (χ4v) is 8.33. The molecule has 1 heterocycles. The number of ether oxygens (including phenoxy) is 1. The van der Waals surface area contributed by atoms with Crippen LogP contribution in [-0.4, -0.2) is 38.2 Å². The Balaban J connectivity index is 1.71. The average molecular weight is 445 g/mol. The van der Waals surface area contributed by atoms with Gasteiger partial charge >= 0.3 is 5.97 Å². The Morgan fingerprint density at radius 2 is 1.38 bits per heavy atom. The van der Waals surface area contributed by atoms with Gasteiger partial charge in [0.1, 0.15) is 6.10 Å². The third-order valence-electron chi connectivity index (χ3n) is 6.00. The lowest BCUT2D eigenvalue weighted by Crippen LogP contribution is -2.70. The van der Waals surface area contributed by atoms with Gasteiger partial charge < -0.3 is 14.3 Å². The molecule has 4 nitrogen and oxygen atoms in total. The van der Waals surface area contributed by atoms with E-state index in [-0.39, 0.29) is 12.6 Å². The monoisotopic (exact) mass is 444 g/mol. The highest BCUT2D eigenvalue weighted by Gasteiger charge is 2.44. The number of benzene rings is 3. The van der Waals surface area contributed by atoms with E-state index in [9.17, 15) is 9.90 Å². The molecule has 5 heteroatoms. The molecule has 3 aromatic carbocycles. The molecule has 3 atom stereocenters. The number of allylic oxidation sites excluding steroid dienone is 1. The van der Waals surface area contributed by atoms with Crippen LogP contribution in [0.4, 0.5) is 0 Å². The van der Waals surface area contributed by atoms with E-state index < -0.39 is 26.4 Å². The molecule has 0 saturated carbocycles. The zero-order chi connectivity index (χ0) is 22.4. The van der Waals surface area contributed by atoms with Gasteiger partial charge in [0.25, 0.3) is 8.32 Å². The molecule has 0 bridgehead atoms. The first-order chi connectivity index (χ1) is 15.6. The molecule has 1 saturated heterocycles. The minimum Gasteiger partial charge on any atom is -0.460 e. The number of hydrogen-bond acceptors (Lipinski definition) is 4. The zero-order valence-corrected chi connectivity index (χ0v) is 19.0. The molecule has 0 radical (unpaired) electrons. The van der Waals surface area contributed by atoms with Crippen molar-refractivity contribution >= 4 is 29.8 Å². The second-order valence-electron chi connectivity index (χ2n) is 8.08. The van der Waals surface area contributed by atoms with Gasteiger partial charge in [-0.3, -0.25) is 4.79 Å². The number of esters is 1. The standard InChI is InChI=1S/C27H28O4Si/c1-2-12-25-26(28)19-21(31-27(25)29)20-30-32(22-13-6-3-7-14-22,23-15-8-4-9-16-23)24-17-10-5-11-18-24/h2-11,13-18,21,25-26,28H,1,12,19-20H2/t21-,25+,26-/m0/s1. The van der Waals surface area contributed by atoms with Crippen LogP contribution in [-0.2, 0) is 14.0 Å². The van der Waals surface area contributed by atoms with Crippen molar-refractivity contribution in [3.05, 3.63) is 104 Å². The van der Waals surface area contributed by atoms with Crippen LogP contribution in [0.5, 0.6) is 0 Å². The highest BCUT2D eigenvalue weighted by Crippen LogP contribution is 2.25. The fraction of sp³-hybridized carbons (Fsp3) is 0.222. The first-order valence-electron chi connectivity index (χ1n) is 10.9. The molecule has 1 N–H and O–H groups in total. The number of carbonyl (C=O) groups is 1. The van der Waals surface area contributed by atoms with Crippen molar-refractivity contribution < 1.29 is 19.1 Å². The third-order valence-corrected chi connectivity index (χ3v) is 10.0. The van der Waals surface area contributed by atoms with Crippen molar-refractivity contribution in [2.45, 2.75) is 25.0 Å². The van der Waals surface area contributed by atoms with Gasteiger partial charge in [-0.2, -0.15) is 0 Å². The van der Waals surface area contributed by atoms with Crippen LogP contribution in [0.25, 0.3) is 0 Å². The molecule has 4 rings (SSSR count). The van der Waals surface area contributed by atoms with Crippen LogP contribution in [0.1, 0.15) is 12.8 Å². The molecule has 0 amide bonds. The van der Waals surface area contributed by atoms with Crippen LogP contribution in [0.15, 0.2) is 104 Å². The summed E-state index contributed by atoms with van der Waals surface area (Å²) < 4.78 is 12.5. The van der Waals surface area contributed by atoms with Crippen molar-refractivity contribution in [3.63, 3.8) is 0 Å². The number of rotatable bonds is 8. The summed E-state index contributed by atoms with van der Waals surface area (Å²) in [7, 11) is -2.87. The predicted octanol–water partition coefficient (Wildman–Crippen LogP) is 2.54. The summed E-state index contributed by atoms with van der Waals surface area (Å²) in [4.78, 5) is 12.5. The molecular weight excluding hydrogens is 416 g/mol. The van der Waals surface area contributed by atoms with Gasteiger partial charge in [0.2, 0.25) is 0 Å². The Hall–Kier alpha value is -2.99. The summed E-state index contributed by atoms with van der Waals surface area (Å²) in [5, 5.41) is 13.9. The zero-order valence-electron chi connectivity index (χ0n) is 18.0. The molecule has 0 aromatic heterocycles. The number of aliphatic hydroxyl groups excluding tert-OH is 1. The normalized spacial score (nSPS) is 21.0. The number of cyclic esters (lactones) is 1. The molecule has 0 aliphatic carbocycles. The van der Waals surface area contributed by atoms with Crippen molar-refractivity contribution in [1.29, 1.82) is 0 Å². The maximum absolute atomic E-state index is 12.5. The summed E-state index contributed by atoms with van der Waals surface area (Å²) in [6.07, 6.45) is 1.15. The Labute approximate surface area is 190 Å². The van der Waals surface area contributed by atoms with E-state index in [1.54, 1.807) is 6.08 Å². The second kappa shape index (κ2) is 10.1. The third kappa shape index (κ3) is 4.46. The first-order valence-corrected chi connectivity index (χ1v) is 12.9. The van der Waals surface area contributed by atoms with Gasteiger partial charge in [-0.15, -0.1) is 6.58 Å². The van der Waals surface area contributed by atoms with Gasteiger partial charge in [0.15, 0.2) is 0 Å². The van der Waals surface area contributed by atoms with E-state index in [2.05, 4.69) is 43.0 Å². The van der Waals surface area contributed by atoms with Gasteiger partial charge in [0, 0.05) is 6.42 Å². The summed E-state index contributed by atoms with van der Waals surface area (Å²) in [5.41, 5.74) is 0. The first kappa shape index (κ1) is 22.2. The Bertz CT molecular complexity index is 927. The number of carbonyl (C=O) groups excluding carboxylic acids is 1.